The van der Waals surface area contributed by atoms with Crippen molar-refractivity contribution in [2.75, 3.05) is 50.2 Å². The van der Waals surface area contributed by atoms with Gasteiger partial charge in [-0.05, 0) is 12.1 Å². The number of nitrogens with one attached hydrogen (secondary N) is 1. The van der Waals surface area contributed by atoms with Crippen LogP contribution in [0.3, 0.4) is 0 Å². The number of benzene rings is 1. The van der Waals surface area contributed by atoms with Crippen LogP contribution in [0.15, 0.2) is 30.3 Å². The van der Waals surface area contributed by atoms with Crippen molar-refractivity contribution in [2.24, 2.45) is 0 Å². The first-order valence-corrected chi connectivity index (χ1v) is 8.98. The van der Waals surface area contributed by atoms with E-state index in [0.29, 0.717) is 49.6 Å². The van der Waals surface area contributed by atoms with Crippen molar-refractivity contribution in [3.8, 4) is 0 Å². The minimum atomic E-state index is -0.380. The Morgan fingerprint density at radius 2 is 2.00 bits per heavy atom. The van der Waals surface area contributed by atoms with E-state index < -0.39 is 0 Å². The molecule has 3 rings (SSSR count). The average Bonchev–Trinajstić information content (AvgIpc) is 2.72. The van der Waals surface area contributed by atoms with Crippen LogP contribution in [0, 0.1) is 5.82 Å². The fourth-order valence-corrected chi connectivity index (χ4v) is 2.58. The summed E-state index contributed by atoms with van der Waals surface area (Å²) in [4.78, 5) is 29.2. The maximum atomic E-state index is 13.6. The zero-order valence-electron chi connectivity index (χ0n) is 15.9. The van der Waals surface area contributed by atoms with Gasteiger partial charge in [-0.3, -0.25) is 4.79 Å². The van der Waals surface area contributed by atoms with Gasteiger partial charge >= 0.3 is 0 Å². The molecule has 1 aromatic heterocycles. The van der Waals surface area contributed by atoms with E-state index in [1.165, 1.54) is 18.2 Å². The number of hydrogen-bond donors (Lipinski definition) is 1. The third-order valence-electron chi connectivity index (χ3n) is 4.09. The van der Waals surface area contributed by atoms with Gasteiger partial charge < -0.3 is 19.9 Å². The molecule has 28 heavy (non-hydrogen) atoms. The molecule has 0 saturated carbocycles. The molecule has 0 aliphatic carbocycles. The van der Waals surface area contributed by atoms with E-state index >= 15 is 0 Å². The van der Waals surface area contributed by atoms with Gasteiger partial charge in [0, 0.05) is 38.8 Å². The summed E-state index contributed by atoms with van der Waals surface area (Å²) in [7, 11) is 3.69. The summed E-state index contributed by atoms with van der Waals surface area (Å²) in [5, 5.41) is 2.72. The number of rotatable bonds is 6. The molecule has 1 fully saturated rings. The summed E-state index contributed by atoms with van der Waals surface area (Å²) in [6.07, 6.45) is 2.72. The van der Waals surface area contributed by atoms with Gasteiger partial charge in [0.1, 0.15) is 5.82 Å². The molecule has 0 spiro atoms. The zero-order chi connectivity index (χ0) is 19.9. The first-order chi connectivity index (χ1) is 13.5. The fraction of sp³-hybridized carbons (Fsp3) is 0.368. The van der Waals surface area contributed by atoms with Gasteiger partial charge in [-0.25, -0.2) is 4.39 Å². The van der Waals surface area contributed by atoms with Crippen molar-refractivity contribution in [2.45, 2.75) is 6.54 Å². The van der Waals surface area contributed by atoms with Gasteiger partial charge in [0.15, 0.2) is 5.82 Å². The lowest BCUT2D eigenvalue weighted by Gasteiger charge is -2.27. The second kappa shape index (κ2) is 9.23. The number of carbonyl (C=O) groups excluding carboxylic acids is 1. The van der Waals surface area contributed by atoms with Gasteiger partial charge in [-0.1, -0.05) is 18.2 Å². The van der Waals surface area contributed by atoms with E-state index in [2.05, 4.69) is 20.3 Å². The van der Waals surface area contributed by atoms with Gasteiger partial charge in [-0.15, -0.1) is 0 Å². The summed E-state index contributed by atoms with van der Waals surface area (Å²) in [6, 6.07) is 6.25. The monoisotopic (exact) mass is 386 g/mol. The maximum absolute atomic E-state index is 13.6. The normalized spacial score (nSPS) is 14.3. The van der Waals surface area contributed by atoms with Crippen LogP contribution >= 0.6 is 0 Å². The van der Waals surface area contributed by atoms with Crippen molar-refractivity contribution in [1.82, 2.24) is 20.3 Å². The first-order valence-electron chi connectivity index (χ1n) is 8.98. The lowest BCUT2D eigenvalue weighted by atomic mass is 10.2. The Hall–Kier alpha value is -3.07. The van der Waals surface area contributed by atoms with Crippen molar-refractivity contribution in [3.63, 3.8) is 0 Å². The average molecular weight is 386 g/mol. The van der Waals surface area contributed by atoms with Crippen LogP contribution in [0.5, 0.6) is 0 Å². The number of ether oxygens (including phenoxy) is 1. The summed E-state index contributed by atoms with van der Waals surface area (Å²) < 4.78 is 19.0. The highest BCUT2D eigenvalue weighted by Gasteiger charge is 2.17. The Balaban J connectivity index is 1.68. The van der Waals surface area contributed by atoms with E-state index in [4.69, 9.17) is 4.74 Å². The smallest absolute Gasteiger partial charge is 0.244 e. The maximum Gasteiger partial charge on any atom is 0.244 e. The molecule has 148 valence electrons. The van der Waals surface area contributed by atoms with Crippen LogP contribution in [-0.4, -0.2) is 61.3 Å². The predicted molar refractivity (Wildman–Crippen MR) is 104 cm³/mol. The SMILES string of the molecule is CN(C)c1nc(CNC(=O)C=Cc2ccccc2F)nc(N2CCOCC2)n1. The highest BCUT2D eigenvalue weighted by Crippen LogP contribution is 2.14. The number of aromatic nitrogens is 3. The van der Waals surface area contributed by atoms with E-state index in [1.54, 1.807) is 23.1 Å². The van der Waals surface area contributed by atoms with Crippen molar-refractivity contribution < 1.29 is 13.9 Å². The van der Waals surface area contributed by atoms with Crippen LogP contribution in [0.2, 0.25) is 0 Å². The van der Waals surface area contributed by atoms with Crippen molar-refractivity contribution >= 4 is 23.9 Å². The molecule has 0 atom stereocenters. The number of nitrogens with zero attached hydrogens (tertiary/aromatic N) is 5. The number of halogens is 1. The van der Waals surface area contributed by atoms with Crippen molar-refractivity contribution in [1.29, 1.82) is 0 Å². The van der Waals surface area contributed by atoms with E-state index in [0.717, 1.165) is 0 Å². The summed E-state index contributed by atoms with van der Waals surface area (Å²) >= 11 is 0. The predicted octanol–water partition coefficient (Wildman–Crippen LogP) is 1.24. The molecule has 8 nitrogen and oxygen atoms in total. The third-order valence-corrected chi connectivity index (χ3v) is 4.09. The topological polar surface area (TPSA) is 83.5 Å². The molecule has 1 aliphatic heterocycles. The van der Waals surface area contributed by atoms with E-state index in [9.17, 15) is 9.18 Å². The third kappa shape index (κ3) is 5.23. The Bertz CT molecular complexity index is 852. The second-order valence-electron chi connectivity index (χ2n) is 6.42. The largest absolute Gasteiger partial charge is 0.378 e. The fourth-order valence-electron chi connectivity index (χ4n) is 2.58. The molecule has 0 bridgehead atoms. The molecular formula is C19H23FN6O2. The Kier molecular flexibility index (Phi) is 6.49. The quantitative estimate of drug-likeness (QED) is 0.748. The molecule has 9 heteroatoms. The molecule has 1 aliphatic rings. The number of morpholine rings is 1. The lowest BCUT2D eigenvalue weighted by molar-refractivity contribution is -0.116. The number of anilines is 2. The Morgan fingerprint density at radius 3 is 2.71 bits per heavy atom. The number of amides is 1. The minimum Gasteiger partial charge on any atom is -0.378 e. The van der Waals surface area contributed by atoms with Crippen LogP contribution in [0.25, 0.3) is 6.08 Å². The molecule has 0 unspecified atom stereocenters. The second-order valence-corrected chi connectivity index (χ2v) is 6.42. The highest BCUT2D eigenvalue weighted by molar-refractivity contribution is 5.91. The molecule has 2 aromatic rings. The van der Waals surface area contributed by atoms with Gasteiger partial charge in [-0.2, -0.15) is 15.0 Å². The Labute approximate surface area is 163 Å². The Morgan fingerprint density at radius 1 is 1.25 bits per heavy atom. The number of hydrogen-bond acceptors (Lipinski definition) is 7. The van der Waals surface area contributed by atoms with Gasteiger partial charge in [0.25, 0.3) is 0 Å². The summed E-state index contributed by atoms with van der Waals surface area (Å²) in [5.74, 6) is 0.793. The highest BCUT2D eigenvalue weighted by atomic mass is 19.1. The zero-order valence-corrected chi connectivity index (χ0v) is 15.9. The van der Waals surface area contributed by atoms with Gasteiger partial charge in [0.05, 0.1) is 19.8 Å². The molecule has 0 radical (unpaired) electrons. The van der Waals surface area contributed by atoms with Crippen molar-refractivity contribution in [3.05, 3.63) is 47.5 Å². The summed E-state index contributed by atoms with van der Waals surface area (Å²) in [6.45, 7) is 2.79. The molecule has 1 amide bonds. The molecule has 1 N–H and O–H groups in total. The standard InChI is InChI=1S/C19H23FN6O2/c1-25(2)18-22-16(23-19(24-18)26-9-11-28-12-10-26)13-21-17(27)8-7-14-5-3-4-6-15(14)20/h3-8H,9-13H2,1-2H3,(H,21,27). The lowest BCUT2D eigenvalue weighted by Crippen LogP contribution is -2.38. The first kappa shape index (κ1) is 19.7. The molecule has 1 aromatic carbocycles. The minimum absolute atomic E-state index is 0.140. The van der Waals surface area contributed by atoms with Crippen LogP contribution < -0.4 is 15.1 Å². The van der Waals surface area contributed by atoms with E-state index in [1.807, 2.05) is 19.0 Å². The molecule has 1 saturated heterocycles. The number of carbonyl (C=O) groups is 1. The summed E-state index contributed by atoms with van der Waals surface area (Å²) in [5.41, 5.74) is 0.349. The van der Waals surface area contributed by atoms with Gasteiger partial charge in [0.2, 0.25) is 17.8 Å². The van der Waals surface area contributed by atoms with Crippen LogP contribution in [0.4, 0.5) is 16.3 Å². The molecule has 2 heterocycles. The van der Waals surface area contributed by atoms with E-state index in [-0.39, 0.29) is 18.3 Å². The van der Waals surface area contributed by atoms with Crippen LogP contribution in [-0.2, 0) is 16.1 Å². The molecular weight excluding hydrogens is 363 g/mol. The van der Waals surface area contributed by atoms with Crippen LogP contribution in [0.1, 0.15) is 11.4 Å².